The number of halogens is 3. The normalized spacial score (nSPS) is 11.7. The van der Waals surface area contributed by atoms with E-state index in [0.29, 0.717) is 12.5 Å². The summed E-state index contributed by atoms with van der Waals surface area (Å²) in [5.74, 6) is -0.371. The van der Waals surface area contributed by atoms with Crippen molar-refractivity contribution in [3.05, 3.63) is 23.4 Å². The predicted octanol–water partition coefficient (Wildman–Crippen LogP) is 2.44. The SMILES string of the molecule is CC(C)COCCOc1nc(C(F)(F)F)ccc1C(=N)N. The first-order chi connectivity index (χ1) is 9.71. The van der Waals surface area contributed by atoms with E-state index >= 15 is 0 Å². The van der Waals surface area contributed by atoms with Gasteiger partial charge in [0.25, 0.3) is 0 Å². The highest BCUT2D eigenvalue weighted by molar-refractivity contribution is 5.97. The minimum absolute atomic E-state index is 0.0202. The van der Waals surface area contributed by atoms with Crippen molar-refractivity contribution in [2.75, 3.05) is 19.8 Å². The van der Waals surface area contributed by atoms with Gasteiger partial charge in [-0.1, -0.05) is 13.8 Å². The van der Waals surface area contributed by atoms with E-state index < -0.39 is 17.7 Å². The molecule has 0 bridgehead atoms. The van der Waals surface area contributed by atoms with Crippen LogP contribution < -0.4 is 10.5 Å². The second kappa shape index (κ2) is 7.26. The van der Waals surface area contributed by atoms with E-state index in [1.807, 2.05) is 13.8 Å². The summed E-state index contributed by atoms with van der Waals surface area (Å²) in [6, 6.07) is 1.83. The van der Waals surface area contributed by atoms with Gasteiger partial charge in [0.15, 0.2) is 0 Å². The number of nitrogens with one attached hydrogen (secondary N) is 1. The van der Waals surface area contributed by atoms with E-state index in [1.54, 1.807) is 0 Å². The second-order valence-corrected chi connectivity index (χ2v) is 4.78. The Bertz CT molecular complexity index is 490. The maximum atomic E-state index is 12.6. The molecule has 1 rings (SSSR count). The molecule has 0 aliphatic heterocycles. The van der Waals surface area contributed by atoms with Gasteiger partial charge in [0.05, 0.1) is 12.2 Å². The molecule has 0 fully saturated rings. The minimum atomic E-state index is -4.58. The predicted molar refractivity (Wildman–Crippen MR) is 71.4 cm³/mol. The molecule has 0 unspecified atom stereocenters. The molecule has 5 nitrogen and oxygen atoms in total. The lowest BCUT2D eigenvalue weighted by atomic mass is 10.2. The van der Waals surface area contributed by atoms with Gasteiger partial charge in [-0.25, -0.2) is 4.98 Å². The van der Waals surface area contributed by atoms with Crippen LogP contribution in [0.15, 0.2) is 12.1 Å². The fourth-order valence-corrected chi connectivity index (χ4v) is 1.43. The van der Waals surface area contributed by atoms with Crippen LogP contribution in [-0.4, -0.2) is 30.6 Å². The lowest BCUT2D eigenvalue weighted by Gasteiger charge is -2.13. The number of nitrogens with zero attached hydrogens (tertiary/aromatic N) is 1. The summed E-state index contributed by atoms with van der Waals surface area (Å²) in [5.41, 5.74) is 4.22. The zero-order valence-electron chi connectivity index (χ0n) is 11.8. The highest BCUT2D eigenvalue weighted by atomic mass is 19.4. The number of amidine groups is 1. The smallest absolute Gasteiger partial charge is 0.433 e. The number of nitrogens with two attached hydrogens (primary N) is 1. The number of ether oxygens (including phenoxy) is 2. The Balaban J connectivity index is 2.75. The van der Waals surface area contributed by atoms with Gasteiger partial charge in [0.2, 0.25) is 5.88 Å². The number of rotatable bonds is 7. The summed E-state index contributed by atoms with van der Waals surface area (Å²) in [5, 5.41) is 7.32. The van der Waals surface area contributed by atoms with E-state index in [1.165, 1.54) is 0 Å². The van der Waals surface area contributed by atoms with E-state index in [2.05, 4.69) is 4.98 Å². The van der Waals surface area contributed by atoms with Gasteiger partial charge in [-0.3, -0.25) is 5.41 Å². The summed E-state index contributed by atoms with van der Waals surface area (Å²) in [4.78, 5) is 3.37. The molecule has 0 amide bonds. The largest absolute Gasteiger partial charge is 0.475 e. The zero-order valence-corrected chi connectivity index (χ0v) is 11.8. The van der Waals surface area contributed by atoms with Gasteiger partial charge >= 0.3 is 6.18 Å². The monoisotopic (exact) mass is 305 g/mol. The molecule has 0 saturated carbocycles. The fourth-order valence-electron chi connectivity index (χ4n) is 1.43. The number of alkyl halides is 3. The number of hydrogen-bond acceptors (Lipinski definition) is 4. The molecular formula is C13H18F3N3O2. The molecule has 3 N–H and O–H groups in total. The van der Waals surface area contributed by atoms with Crippen LogP contribution in [0.5, 0.6) is 5.88 Å². The van der Waals surface area contributed by atoms with Crippen molar-refractivity contribution in [3.63, 3.8) is 0 Å². The third-order valence-electron chi connectivity index (χ3n) is 2.36. The van der Waals surface area contributed by atoms with Crippen LogP contribution >= 0.6 is 0 Å². The number of hydrogen-bond donors (Lipinski definition) is 2. The van der Waals surface area contributed by atoms with Gasteiger partial charge in [0.1, 0.15) is 18.1 Å². The minimum Gasteiger partial charge on any atom is -0.475 e. The highest BCUT2D eigenvalue weighted by Crippen LogP contribution is 2.30. The maximum Gasteiger partial charge on any atom is 0.433 e. The van der Waals surface area contributed by atoms with Crippen LogP contribution in [0.2, 0.25) is 0 Å². The van der Waals surface area contributed by atoms with Gasteiger partial charge in [-0.15, -0.1) is 0 Å². The van der Waals surface area contributed by atoms with Crippen molar-refractivity contribution >= 4 is 5.84 Å². The first-order valence-electron chi connectivity index (χ1n) is 6.35. The van der Waals surface area contributed by atoms with Crippen molar-refractivity contribution < 1.29 is 22.6 Å². The first kappa shape index (κ1) is 17.2. The van der Waals surface area contributed by atoms with Gasteiger partial charge in [-0.2, -0.15) is 13.2 Å². The molecule has 0 spiro atoms. The molecule has 0 radical (unpaired) electrons. The van der Waals surface area contributed by atoms with Crippen LogP contribution in [-0.2, 0) is 10.9 Å². The number of nitrogen functional groups attached to an aromatic ring is 1. The van der Waals surface area contributed by atoms with Gasteiger partial charge < -0.3 is 15.2 Å². The Morgan fingerprint density at radius 3 is 2.52 bits per heavy atom. The van der Waals surface area contributed by atoms with Crippen molar-refractivity contribution in [3.8, 4) is 5.88 Å². The average Bonchev–Trinajstić information content (AvgIpc) is 2.36. The van der Waals surface area contributed by atoms with E-state index in [9.17, 15) is 13.2 Å². The Hall–Kier alpha value is -1.83. The third-order valence-corrected chi connectivity index (χ3v) is 2.36. The Morgan fingerprint density at radius 2 is 2.00 bits per heavy atom. The molecule has 21 heavy (non-hydrogen) atoms. The zero-order chi connectivity index (χ0) is 16.0. The Morgan fingerprint density at radius 1 is 1.33 bits per heavy atom. The summed E-state index contributed by atoms with van der Waals surface area (Å²) in [6.45, 7) is 4.72. The van der Waals surface area contributed by atoms with Gasteiger partial charge in [0, 0.05) is 6.61 Å². The molecule has 0 saturated heterocycles. The molecule has 0 aliphatic carbocycles. The molecular weight excluding hydrogens is 287 g/mol. The van der Waals surface area contributed by atoms with Crippen LogP contribution in [0.1, 0.15) is 25.1 Å². The lowest BCUT2D eigenvalue weighted by Crippen LogP contribution is -2.18. The quantitative estimate of drug-likeness (QED) is 0.460. The van der Waals surface area contributed by atoms with Crippen molar-refractivity contribution in [2.24, 2.45) is 11.7 Å². The number of aromatic nitrogens is 1. The Labute approximate surface area is 120 Å². The highest BCUT2D eigenvalue weighted by Gasteiger charge is 2.33. The first-order valence-corrected chi connectivity index (χ1v) is 6.35. The summed E-state index contributed by atoms with van der Waals surface area (Å²) in [7, 11) is 0. The molecule has 0 aromatic carbocycles. The summed E-state index contributed by atoms with van der Waals surface area (Å²) >= 11 is 0. The Kier molecular flexibility index (Phi) is 5.95. The van der Waals surface area contributed by atoms with E-state index in [4.69, 9.17) is 20.6 Å². The molecule has 1 aromatic rings. The third kappa shape index (κ3) is 5.58. The molecule has 0 atom stereocenters. The number of pyridine rings is 1. The van der Waals surface area contributed by atoms with E-state index in [-0.39, 0.29) is 24.7 Å². The van der Waals surface area contributed by atoms with Crippen molar-refractivity contribution in [1.29, 1.82) is 5.41 Å². The van der Waals surface area contributed by atoms with Crippen LogP contribution in [0.4, 0.5) is 13.2 Å². The maximum absolute atomic E-state index is 12.6. The van der Waals surface area contributed by atoms with Crippen LogP contribution in [0.25, 0.3) is 0 Å². The molecule has 0 aliphatic rings. The molecule has 118 valence electrons. The fraction of sp³-hybridized carbons (Fsp3) is 0.538. The summed E-state index contributed by atoms with van der Waals surface area (Å²) < 4.78 is 48.2. The van der Waals surface area contributed by atoms with Gasteiger partial charge in [-0.05, 0) is 18.1 Å². The van der Waals surface area contributed by atoms with Crippen molar-refractivity contribution in [2.45, 2.75) is 20.0 Å². The lowest BCUT2D eigenvalue weighted by molar-refractivity contribution is -0.141. The topological polar surface area (TPSA) is 81.2 Å². The molecule has 1 aromatic heterocycles. The molecule has 8 heteroatoms. The molecule has 1 heterocycles. The standard InChI is InChI=1S/C13H18F3N3O2/c1-8(2)7-20-5-6-21-12-9(11(17)18)3-4-10(19-12)13(14,15)16/h3-4,8H,5-7H2,1-2H3,(H3,17,18). The second-order valence-electron chi connectivity index (χ2n) is 4.78. The van der Waals surface area contributed by atoms with Crippen LogP contribution in [0, 0.1) is 11.3 Å². The van der Waals surface area contributed by atoms with Crippen LogP contribution in [0.3, 0.4) is 0 Å². The average molecular weight is 305 g/mol. The van der Waals surface area contributed by atoms with Crippen molar-refractivity contribution in [1.82, 2.24) is 4.98 Å². The summed E-state index contributed by atoms with van der Waals surface area (Å²) in [6.07, 6.45) is -4.58. The van der Waals surface area contributed by atoms with E-state index in [0.717, 1.165) is 12.1 Å².